The van der Waals surface area contributed by atoms with Crippen molar-refractivity contribution in [3.05, 3.63) is 29.8 Å². The Morgan fingerprint density at radius 3 is 2.50 bits per heavy atom. The fraction of sp³-hybridized carbons (Fsp3) is 0.250. The van der Waals surface area contributed by atoms with Crippen molar-refractivity contribution in [1.29, 1.82) is 0 Å². The van der Waals surface area contributed by atoms with Gasteiger partial charge in [0.15, 0.2) is 0 Å². The first-order chi connectivity index (χ1) is 8.60. The predicted octanol–water partition coefficient (Wildman–Crippen LogP) is 0.267. The van der Waals surface area contributed by atoms with E-state index in [1.54, 1.807) is 24.3 Å². The maximum atomic E-state index is 11.8. The molecular weight excluding hydrogens is 238 g/mol. The van der Waals surface area contributed by atoms with Gasteiger partial charge in [-0.05, 0) is 24.3 Å². The van der Waals surface area contributed by atoms with Gasteiger partial charge in [0.25, 0.3) is 5.91 Å². The lowest BCUT2D eigenvalue weighted by Gasteiger charge is -2.08. The smallest absolute Gasteiger partial charge is 0.336 e. The molecule has 1 unspecified atom stereocenters. The molecular formula is C12H11NO5. The Bertz CT molecular complexity index is 494. The van der Waals surface area contributed by atoms with Crippen LogP contribution in [0.1, 0.15) is 16.8 Å². The van der Waals surface area contributed by atoms with Crippen LogP contribution < -0.4 is 10.1 Å². The van der Waals surface area contributed by atoms with Gasteiger partial charge in [-0.25, -0.2) is 4.79 Å². The zero-order valence-electron chi connectivity index (χ0n) is 9.64. The van der Waals surface area contributed by atoms with E-state index in [2.05, 4.69) is 10.1 Å². The third kappa shape index (κ3) is 2.48. The molecule has 1 aromatic carbocycles. The number of ether oxygens (including phenoxy) is 2. The molecule has 1 atom stereocenters. The number of esters is 2. The molecule has 2 rings (SSSR count). The highest BCUT2D eigenvalue weighted by Crippen LogP contribution is 2.13. The Kier molecular flexibility index (Phi) is 3.27. The van der Waals surface area contributed by atoms with E-state index in [4.69, 9.17) is 4.74 Å². The first-order valence-electron chi connectivity index (χ1n) is 5.29. The highest BCUT2D eigenvalue weighted by Gasteiger charge is 2.34. The van der Waals surface area contributed by atoms with Crippen molar-refractivity contribution in [2.45, 2.75) is 12.5 Å². The van der Waals surface area contributed by atoms with Crippen LogP contribution in [-0.4, -0.2) is 31.0 Å². The number of carbonyl (C=O) groups excluding carboxylic acids is 3. The molecule has 0 bridgehead atoms. The largest absolute Gasteiger partial charge is 0.497 e. The summed E-state index contributed by atoms with van der Waals surface area (Å²) in [6.45, 7) is 0. The molecule has 1 fully saturated rings. The summed E-state index contributed by atoms with van der Waals surface area (Å²) in [5.41, 5.74) is 0.378. The van der Waals surface area contributed by atoms with Gasteiger partial charge in [-0.1, -0.05) is 0 Å². The number of amides is 1. The van der Waals surface area contributed by atoms with E-state index in [9.17, 15) is 14.4 Å². The number of rotatable bonds is 3. The fourth-order valence-electron chi connectivity index (χ4n) is 1.57. The van der Waals surface area contributed by atoms with Crippen LogP contribution in [0.2, 0.25) is 0 Å². The standard InChI is InChI=1S/C12H11NO5/c1-17-8-4-2-7(3-5-8)11(15)13-9-6-10(14)18-12(9)16/h2-5,9H,6H2,1H3,(H,13,15). The minimum absolute atomic E-state index is 0.124. The third-order valence-corrected chi connectivity index (χ3v) is 2.53. The second-order valence-corrected chi connectivity index (χ2v) is 3.75. The lowest BCUT2D eigenvalue weighted by Crippen LogP contribution is -2.37. The van der Waals surface area contributed by atoms with Gasteiger partial charge in [0.05, 0.1) is 13.5 Å². The molecule has 1 amide bonds. The molecule has 0 aliphatic carbocycles. The number of hydrogen-bond donors (Lipinski definition) is 1. The minimum Gasteiger partial charge on any atom is -0.497 e. The van der Waals surface area contributed by atoms with Crippen molar-refractivity contribution in [1.82, 2.24) is 5.32 Å². The quantitative estimate of drug-likeness (QED) is 0.614. The summed E-state index contributed by atoms with van der Waals surface area (Å²) >= 11 is 0. The topological polar surface area (TPSA) is 81.7 Å². The zero-order valence-corrected chi connectivity index (χ0v) is 9.64. The molecule has 1 saturated heterocycles. The number of carbonyl (C=O) groups is 3. The molecule has 1 aliphatic rings. The first kappa shape index (κ1) is 12.1. The number of nitrogens with one attached hydrogen (secondary N) is 1. The monoisotopic (exact) mass is 249 g/mol. The average Bonchev–Trinajstić information content (AvgIpc) is 2.68. The van der Waals surface area contributed by atoms with Crippen molar-refractivity contribution in [3.8, 4) is 5.75 Å². The van der Waals surface area contributed by atoms with Crippen molar-refractivity contribution in [2.24, 2.45) is 0 Å². The molecule has 0 spiro atoms. The number of cyclic esters (lactones) is 2. The summed E-state index contributed by atoms with van der Waals surface area (Å²) in [6.07, 6.45) is -0.124. The Labute approximate surface area is 103 Å². The van der Waals surface area contributed by atoms with Crippen LogP contribution in [0.25, 0.3) is 0 Å². The van der Waals surface area contributed by atoms with E-state index < -0.39 is 23.9 Å². The first-order valence-corrected chi connectivity index (χ1v) is 5.29. The molecule has 6 nitrogen and oxygen atoms in total. The van der Waals surface area contributed by atoms with Gasteiger partial charge in [-0.2, -0.15) is 0 Å². The molecule has 1 N–H and O–H groups in total. The highest BCUT2D eigenvalue weighted by molar-refractivity contribution is 6.02. The van der Waals surface area contributed by atoms with Gasteiger partial charge >= 0.3 is 11.9 Å². The molecule has 0 radical (unpaired) electrons. The average molecular weight is 249 g/mol. The molecule has 0 aromatic heterocycles. The Morgan fingerprint density at radius 1 is 1.33 bits per heavy atom. The Hall–Kier alpha value is -2.37. The molecule has 1 aromatic rings. The van der Waals surface area contributed by atoms with E-state index in [0.717, 1.165) is 0 Å². The van der Waals surface area contributed by atoms with Crippen molar-refractivity contribution in [2.75, 3.05) is 7.11 Å². The van der Waals surface area contributed by atoms with Crippen molar-refractivity contribution in [3.63, 3.8) is 0 Å². The lowest BCUT2D eigenvalue weighted by atomic mass is 10.1. The Balaban J connectivity index is 2.03. The van der Waals surface area contributed by atoms with Gasteiger partial charge in [-0.3, -0.25) is 9.59 Å². The summed E-state index contributed by atoms with van der Waals surface area (Å²) in [5, 5.41) is 2.44. The molecule has 18 heavy (non-hydrogen) atoms. The summed E-state index contributed by atoms with van der Waals surface area (Å²) in [6, 6.07) is 5.50. The predicted molar refractivity (Wildman–Crippen MR) is 60.0 cm³/mol. The van der Waals surface area contributed by atoms with Crippen LogP contribution in [0, 0.1) is 0 Å². The molecule has 94 valence electrons. The summed E-state index contributed by atoms with van der Waals surface area (Å²) in [4.78, 5) is 33.8. The zero-order chi connectivity index (χ0) is 13.1. The van der Waals surface area contributed by atoms with Gasteiger partial charge < -0.3 is 14.8 Å². The summed E-state index contributed by atoms with van der Waals surface area (Å²) in [7, 11) is 1.52. The van der Waals surface area contributed by atoms with Crippen LogP contribution in [0.3, 0.4) is 0 Å². The summed E-state index contributed by atoms with van der Waals surface area (Å²) in [5.74, 6) is -1.15. The van der Waals surface area contributed by atoms with Crippen LogP contribution in [0.15, 0.2) is 24.3 Å². The highest BCUT2D eigenvalue weighted by atomic mass is 16.6. The van der Waals surface area contributed by atoms with E-state index in [1.807, 2.05) is 0 Å². The Morgan fingerprint density at radius 2 is 2.00 bits per heavy atom. The van der Waals surface area contributed by atoms with Crippen LogP contribution in [0.4, 0.5) is 0 Å². The maximum absolute atomic E-state index is 11.8. The normalized spacial score (nSPS) is 18.4. The number of methoxy groups -OCH3 is 1. The van der Waals surface area contributed by atoms with Gasteiger partial charge in [0, 0.05) is 5.56 Å². The van der Waals surface area contributed by atoms with Crippen LogP contribution >= 0.6 is 0 Å². The molecule has 0 saturated carbocycles. The van der Waals surface area contributed by atoms with Gasteiger partial charge in [0.2, 0.25) is 0 Å². The van der Waals surface area contributed by atoms with Crippen molar-refractivity contribution < 1.29 is 23.9 Å². The minimum atomic E-state index is -0.896. The lowest BCUT2D eigenvalue weighted by molar-refractivity contribution is -0.152. The van der Waals surface area contributed by atoms with Gasteiger partial charge in [-0.15, -0.1) is 0 Å². The maximum Gasteiger partial charge on any atom is 0.336 e. The van der Waals surface area contributed by atoms with Gasteiger partial charge in [0.1, 0.15) is 11.8 Å². The van der Waals surface area contributed by atoms with E-state index in [1.165, 1.54) is 7.11 Å². The number of hydrogen-bond acceptors (Lipinski definition) is 5. The SMILES string of the molecule is COc1ccc(C(=O)NC2CC(=O)OC2=O)cc1. The summed E-state index contributed by atoms with van der Waals surface area (Å²) < 4.78 is 9.30. The van der Waals surface area contributed by atoms with Crippen molar-refractivity contribution >= 4 is 17.8 Å². The van der Waals surface area contributed by atoms with Crippen LogP contribution in [-0.2, 0) is 14.3 Å². The van der Waals surface area contributed by atoms with Crippen LogP contribution in [0.5, 0.6) is 5.75 Å². The third-order valence-electron chi connectivity index (χ3n) is 2.53. The molecule has 6 heteroatoms. The number of benzene rings is 1. The fourth-order valence-corrected chi connectivity index (χ4v) is 1.57. The van der Waals surface area contributed by atoms with E-state index >= 15 is 0 Å². The van der Waals surface area contributed by atoms with E-state index in [-0.39, 0.29) is 6.42 Å². The second-order valence-electron chi connectivity index (χ2n) is 3.75. The molecule has 1 heterocycles. The van der Waals surface area contributed by atoms with E-state index in [0.29, 0.717) is 11.3 Å². The second kappa shape index (κ2) is 4.87. The molecule has 1 aliphatic heterocycles.